The van der Waals surface area contributed by atoms with Crippen LogP contribution in [-0.2, 0) is 39.8 Å². The van der Waals surface area contributed by atoms with Gasteiger partial charge in [0.05, 0.1) is 25.3 Å². The Balaban J connectivity index is 1.83. The highest BCUT2D eigenvalue weighted by molar-refractivity contribution is 8.00. The Labute approximate surface area is 310 Å². The number of fused-ring (bicyclic) bond motifs is 5. The SMILES string of the molecule is CCCS[C@]12C[C@H](OC(=O)N1)[C@@H](C)[C@@H]1O[C@@]1(C)[C@@H](OC(=O)[C@H](C)N(C)C(C)=O)CC(=O)N(C)c1cc(cc(OC)c1Cl)C/C(C)=C/C=C/[C@H]2OC. The molecule has 4 rings (SSSR count). The second kappa shape index (κ2) is 16.6. The van der Waals surface area contributed by atoms with E-state index in [-0.39, 0.29) is 29.2 Å². The van der Waals surface area contributed by atoms with Crippen LogP contribution in [0, 0.1) is 5.92 Å². The Bertz CT molecular complexity index is 1550. The first-order chi connectivity index (χ1) is 24.0. The molecule has 2 saturated heterocycles. The number of esters is 1. The summed E-state index contributed by atoms with van der Waals surface area (Å²) in [6.07, 6.45) is 4.16. The van der Waals surface area contributed by atoms with Crippen molar-refractivity contribution in [3.63, 3.8) is 0 Å². The highest BCUT2D eigenvalue weighted by Crippen LogP contribution is 2.50. The third-order valence-electron chi connectivity index (χ3n) is 10.2. The van der Waals surface area contributed by atoms with E-state index in [1.807, 2.05) is 44.2 Å². The summed E-state index contributed by atoms with van der Waals surface area (Å²) in [5, 5.41) is 3.34. The number of carbonyl (C=O) groups is 4. The van der Waals surface area contributed by atoms with E-state index in [9.17, 15) is 19.2 Å². The number of methoxy groups -OCH3 is 2. The first kappa shape index (κ1) is 40.5. The summed E-state index contributed by atoms with van der Waals surface area (Å²) in [6, 6.07) is 2.76. The Hall–Kier alpha value is -3.26. The van der Waals surface area contributed by atoms with Crippen LogP contribution in [0.2, 0.25) is 5.02 Å². The molecule has 0 unspecified atom stereocenters. The Morgan fingerprint density at radius 3 is 2.59 bits per heavy atom. The van der Waals surface area contributed by atoms with Gasteiger partial charge in [-0.2, -0.15) is 0 Å². The predicted molar refractivity (Wildman–Crippen MR) is 197 cm³/mol. The van der Waals surface area contributed by atoms with Gasteiger partial charge in [-0.05, 0) is 57.1 Å². The molecule has 0 aliphatic carbocycles. The number of hydrogen-bond donors (Lipinski definition) is 1. The fraction of sp³-hybridized carbons (Fsp3) is 0.622. The maximum absolute atomic E-state index is 14.1. The van der Waals surface area contributed by atoms with E-state index in [0.717, 1.165) is 23.3 Å². The summed E-state index contributed by atoms with van der Waals surface area (Å²) in [5.41, 5.74) is 1.19. The smallest absolute Gasteiger partial charge is 0.408 e. The lowest BCUT2D eigenvalue weighted by molar-refractivity contribution is -0.161. The van der Waals surface area contributed by atoms with Crippen LogP contribution in [0.25, 0.3) is 0 Å². The molecule has 1 aromatic rings. The minimum Gasteiger partial charge on any atom is -0.495 e. The minimum absolute atomic E-state index is 0.252. The molecule has 282 valence electrons. The molecule has 3 heterocycles. The van der Waals surface area contributed by atoms with Crippen molar-refractivity contribution >= 4 is 52.9 Å². The molecule has 3 aliphatic heterocycles. The zero-order chi connectivity index (χ0) is 37.8. The molecule has 0 saturated carbocycles. The van der Waals surface area contributed by atoms with E-state index in [1.54, 1.807) is 39.8 Å². The normalized spacial score (nSPS) is 31.9. The van der Waals surface area contributed by atoms with Crippen LogP contribution in [0.15, 0.2) is 35.9 Å². The van der Waals surface area contributed by atoms with E-state index in [4.69, 9.17) is 35.3 Å². The van der Waals surface area contributed by atoms with Gasteiger partial charge in [-0.15, -0.1) is 11.8 Å². The summed E-state index contributed by atoms with van der Waals surface area (Å²) < 4.78 is 29.9. The van der Waals surface area contributed by atoms with Crippen molar-refractivity contribution in [2.75, 3.05) is 39.0 Å². The number of epoxide rings is 1. The first-order valence-corrected chi connectivity index (χ1v) is 18.6. The molecule has 0 spiro atoms. The maximum atomic E-state index is 14.1. The number of halogens is 1. The van der Waals surface area contributed by atoms with E-state index >= 15 is 0 Å². The third kappa shape index (κ3) is 8.86. The molecule has 8 atom stereocenters. The lowest BCUT2D eigenvalue weighted by atomic mass is 9.84. The molecule has 51 heavy (non-hydrogen) atoms. The van der Waals surface area contributed by atoms with Gasteiger partial charge in [0.1, 0.15) is 45.6 Å². The zero-order valence-electron chi connectivity index (χ0n) is 31.2. The van der Waals surface area contributed by atoms with Crippen molar-refractivity contribution in [2.45, 2.75) is 108 Å². The van der Waals surface area contributed by atoms with Gasteiger partial charge in [0.25, 0.3) is 0 Å². The lowest BCUT2D eigenvalue weighted by Crippen LogP contribution is -2.61. The molecule has 14 heteroatoms. The van der Waals surface area contributed by atoms with Gasteiger partial charge in [0.2, 0.25) is 11.8 Å². The van der Waals surface area contributed by atoms with Crippen LogP contribution in [0.5, 0.6) is 5.75 Å². The number of rotatable bonds is 8. The average Bonchev–Trinajstić information content (AvgIpc) is 3.79. The summed E-state index contributed by atoms with van der Waals surface area (Å²) in [7, 11) is 6.25. The van der Waals surface area contributed by atoms with Crippen LogP contribution >= 0.6 is 23.4 Å². The van der Waals surface area contributed by atoms with Crippen molar-refractivity contribution in [1.82, 2.24) is 10.2 Å². The zero-order valence-corrected chi connectivity index (χ0v) is 32.8. The van der Waals surface area contributed by atoms with Gasteiger partial charge < -0.3 is 38.8 Å². The van der Waals surface area contributed by atoms with Crippen molar-refractivity contribution in [3.05, 3.63) is 46.5 Å². The number of alkyl carbamates (subject to hydrolysis) is 1. The molecule has 2 fully saturated rings. The number of nitrogens with one attached hydrogen (secondary N) is 1. The molecule has 3 amide bonds. The molecule has 4 bridgehead atoms. The van der Waals surface area contributed by atoms with Gasteiger partial charge in [0.15, 0.2) is 0 Å². The van der Waals surface area contributed by atoms with Crippen molar-refractivity contribution in [3.8, 4) is 5.75 Å². The number of likely N-dealkylation sites (N-methyl/N-ethyl adjacent to an activating group) is 1. The quantitative estimate of drug-likeness (QED) is 0.261. The summed E-state index contributed by atoms with van der Waals surface area (Å²) >= 11 is 8.38. The monoisotopic (exact) mass is 749 g/mol. The third-order valence-corrected chi connectivity index (χ3v) is 12.2. The van der Waals surface area contributed by atoms with Gasteiger partial charge in [0, 0.05) is 40.5 Å². The minimum atomic E-state index is -1.12. The fourth-order valence-electron chi connectivity index (χ4n) is 6.72. The number of anilines is 1. The molecule has 12 nitrogen and oxygen atoms in total. The van der Waals surface area contributed by atoms with Crippen LogP contribution in [0.1, 0.15) is 66.4 Å². The second-order valence-electron chi connectivity index (χ2n) is 13.8. The van der Waals surface area contributed by atoms with Gasteiger partial charge in [-0.3, -0.25) is 9.59 Å². The molecule has 3 aliphatic rings. The number of amides is 3. The molecule has 0 radical (unpaired) electrons. The van der Waals surface area contributed by atoms with E-state index in [2.05, 4.69) is 12.2 Å². The van der Waals surface area contributed by atoms with E-state index in [1.165, 1.54) is 30.9 Å². The van der Waals surface area contributed by atoms with E-state index < -0.39 is 53.0 Å². The predicted octanol–water partition coefficient (Wildman–Crippen LogP) is 5.69. The summed E-state index contributed by atoms with van der Waals surface area (Å²) in [6.45, 7) is 10.7. The largest absolute Gasteiger partial charge is 0.495 e. The molecular formula is C37H52ClN3O9S. The van der Waals surface area contributed by atoms with Crippen LogP contribution in [0.3, 0.4) is 0 Å². The van der Waals surface area contributed by atoms with Crippen molar-refractivity contribution in [2.24, 2.45) is 5.92 Å². The van der Waals surface area contributed by atoms with Gasteiger partial charge in [-0.25, -0.2) is 9.59 Å². The molecule has 0 aromatic heterocycles. The Morgan fingerprint density at radius 2 is 1.96 bits per heavy atom. The number of nitrogens with zero attached hydrogens (tertiary/aromatic N) is 2. The second-order valence-corrected chi connectivity index (χ2v) is 15.6. The Morgan fingerprint density at radius 1 is 1.25 bits per heavy atom. The summed E-state index contributed by atoms with van der Waals surface area (Å²) in [5.74, 6) is -0.573. The average molecular weight is 750 g/mol. The van der Waals surface area contributed by atoms with Crippen molar-refractivity contribution < 1.29 is 42.9 Å². The van der Waals surface area contributed by atoms with Crippen LogP contribution < -0.4 is 15.0 Å². The molecule has 1 aromatic carbocycles. The number of allylic oxidation sites excluding steroid dienone is 3. The number of ether oxygens (including phenoxy) is 5. The highest BCUT2D eigenvalue weighted by atomic mass is 35.5. The fourth-order valence-corrected chi connectivity index (χ4v) is 8.37. The Kier molecular flexibility index (Phi) is 13.2. The van der Waals surface area contributed by atoms with E-state index in [0.29, 0.717) is 24.3 Å². The highest BCUT2D eigenvalue weighted by Gasteiger charge is 2.64. The maximum Gasteiger partial charge on any atom is 0.408 e. The lowest BCUT2D eigenvalue weighted by Gasteiger charge is -2.45. The van der Waals surface area contributed by atoms with Crippen LogP contribution in [0.4, 0.5) is 10.5 Å². The first-order valence-electron chi connectivity index (χ1n) is 17.3. The number of benzene rings is 1. The number of hydrogen-bond acceptors (Lipinski definition) is 10. The molecular weight excluding hydrogens is 698 g/mol. The molecule has 1 N–H and O–H groups in total. The number of carbonyl (C=O) groups excluding carboxylic acids is 4. The van der Waals surface area contributed by atoms with Gasteiger partial charge in [-0.1, -0.05) is 49.2 Å². The topological polar surface area (TPSA) is 136 Å². The van der Waals surface area contributed by atoms with Gasteiger partial charge >= 0.3 is 12.1 Å². The number of thioether (sulfide) groups is 1. The standard InChI is InChI=1S/C37H52ClN3O9S/c1-11-15-51-37-20-28(48-35(45)39-37)22(3)33-36(6,50-33)30(49-34(44)23(4)40(7)24(5)42)19-31(43)41(8)26-17-25(18-27(46-9)32(26)38)16-21(2)13-12-14-29(37)47-10/h12-14,17-18,22-23,28-30,33H,11,15-16,19-20H2,1-10H3,(H,39,45)/b14-12+,21-13+/t22-,23+,28+,29-,30+,33+,36+,37+/m1/s1. The van der Waals surface area contributed by atoms with Crippen molar-refractivity contribution in [1.29, 1.82) is 0 Å². The van der Waals surface area contributed by atoms with Crippen LogP contribution in [-0.4, -0.2) is 104 Å². The summed E-state index contributed by atoms with van der Waals surface area (Å²) in [4.78, 5) is 54.8.